The van der Waals surface area contributed by atoms with E-state index < -0.39 is 11.8 Å². The molecule has 0 N–H and O–H groups in total. The Labute approximate surface area is 278 Å². The molecule has 1 atom stereocenters. The molecular formula is C36H39FN8O3. The molecule has 2 aliphatic rings. The Bertz CT molecular complexity index is 2020. The van der Waals surface area contributed by atoms with Gasteiger partial charge in [0, 0.05) is 73.0 Å². The fraction of sp³-hybridized carbons (Fsp3) is 0.389. The second-order valence-corrected chi connectivity index (χ2v) is 12.8. The SMILES string of the molecule is CCOC(=O)c1cn(-c2cc3c(cc2F)c(=O)c(CN(Cc2ccnc(C)c2)C2CCCN(c4ccc(C)nc4)C2)cn3C2CC2)nn1. The first kappa shape index (κ1) is 31.6. The van der Waals surface area contributed by atoms with Gasteiger partial charge in [-0.05, 0) is 88.4 Å². The van der Waals surface area contributed by atoms with E-state index in [1.54, 1.807) is 13.0 Å². The molecule has 1 aliphatic heterocycles. The van der Waals surface area contributed by atoms with Crippen LogP contribution in [0.5, 0.6) is 0 Å². The van der Waals surface area contributed by atoms with Crippen LogP contribution in [0.25, 0.3) is 16.6 Å². The maximum Gasteiger partial charge on any atom is 0.360 e. The van der Waals surface area contributed by atoms with Crippen molar-refractivity contribution < 1.29 is 13.9 Å². The number of carbonyl (C=O) groups is 1. The highest BCUT2D eigenvalue weighted by Gasteiger charge is 2.30. The van der Waals surface area contributed by atoms with Crippen molar-refractivity contribution in [3.8, 4) is 5.69 Å². The third-order valence-corrected chi connectivity index (χ3v) is 9.23. The molecule has 4 aromatic heterocycles. The second kappa shape index (κ2) is 13.3. The molecule has 5 heterocycles. The number of aromatic nitrogens is 6. The van der Waals surface area contributed by atoms with Gasteiger partial charge in [0.25, 0.3) is 0 Å². The number of anilines is 1. The first-order valence-corrected chi connectivity index (χ1v) is 16.6. The lowest BCUT2D eigenvalue weighted by Gasteiger charge is -2.40. The summed E-state index contributed by atoms with van der Waals surface area (Å²) in [5.41, 5.74) is 5.31. The molecule has 0 radical (unpaired) electrons. The molecule has 1 aliphatic carbocycles. The standard InChI is InChI=1S/C36H39FN8O3/c1-4-48-36(47)32-22-45(41-40-32)34-16-33-30(15-31(34)37)35(46)26(20-44(33)27-9-10-27)19-43(18-25-11-12-38-24(3)14-25)29-6-5-13-42(21-29)28-8-7-23(2)39-17-28/h7-8,11-12,14-17,20,22,27,29H,4-6,9-10,13,18-19,21H2,1-3H3. The number of nitrogens with zero attached hydrogens (tertiary/aromatic N) is 8. The van der Waals surface area contributed by atoms with Gasteiger partial charge in [-0.2, -0.15) is 0 Å². The molecule has 1 aromatic carbocycles. The van der Waals surface area contributed by atoms with Crippen molar-refractivity contribution in [1.29, 1.82) is 0 Å². The fourth-order valence-electron chi connectivity index (χ4n) is 6.64. The average molecular weight is 651 g/mol. The van der Waals surface area contributed by atoms with Gasteiger partial charge in [0.15, 0.2) is 11.1 Å². The van der Waals surface area contributed by atoms with Gasteiger partial charge < -0.3 is 14.2 Å². The number of pyridine rings is 3. The molecule has 7 rings (SSSR count). The first-order valence-electron chi connectivity index (χ1n) is 16.6. The maximum atomic E-state index is 15.8. The van der Waals surface area contributed by atoms with Gasteiger partial charge >= 0.3 is 5.97 Å². The van der Waals surface area contributed by atoms with Crippen LogP contribution in [0.1, 0.15) is 71.7 Å². The number of rotatable bonds is 10. The molecule has 0 bridgehead atoms. The quantitative estimate of drug-likeness (QED) is 0.186. The smallest absolute Gasteiger partial charge is 0.360 e. The van der Waals surface area contributed by atoms with E-state index in [2.05, 4.69) is 46.8 Å². The van der Waals surface area contributed by atoms with E-state index in [0.717, 1.165) is 61.4 Å². The molecule has 48 heavy (non-hydrogen) atoms. The van der Waals surface area contributed by atoms with Gasteiger partial charge in [0.05, 0.1) is 30.2 Å². The molecule has 1 unspecified atom stereocenters. The van der Waals surface area contributed by atoms with Crippen molar-refractivity contribution in [2.75, 3.05) is 24.6 Å². The van der Waals surface area contributed by atoms with Crippen LogP contribution < -0.4 is 10.3 Å². The zero-order chi connectivity index (χ0) is 33.4. The van der Waals surface area contributed by atoms with Crippen LogP contribution in [0, 0.1) is 19.7 Å². The van der Waals surface area contributed by atoms with Crippen LogP contribution in [0.2, 0.25) is 0 Å². The Morgan fingerprint density at radius 2 is 1.90 bits per heavy atom. The summed E-state index contributed by atoms with van der Waals surface area (Å²) in [6.07, 6.45) is 11.0. The number of halogens is 1. The lowest BCUT2D eigenvalue weighted by Crippen LogP contribution is -2.48. The summed E-state index contributed by atoms with van der Waals surface area (Å²) >= 11 is 0. The third-order valence-electron chi connectivity index (χ3n) is 9.23. The zero-order valence-corrected chi connectivity index (χ0v) is 27.5. The summed E-state index contributed by atoms with van der Waals surface area (Å²) in [4.78, 5) is 40.0. The number of piperidine rings is 1. The van der Waals surface area contributed by atoms with Gasteiger partial charge in [-0.25, -0.2) is 13.9 Å². The van der Waals surface area contributed by atoms with Crippen molar-refractivity contribution in [2.24, 2.45) is 0 Å². The van der Waals surface area contributed by atoms with Crippen molar-refractivity contribution in [3.05, 3.63) is 105 Å². The number of aryl methyl sites for hydroxylation is 2. The largest absolute Gasteiger partial charge is 0.461 e. The van der Waals surface area contributed by atoms with Gasteiger partial charge in [-0.1, -0.05) is 5.21 Å². The molecule has 11 nitrogen and oxygen atoms in total. The normalized spacial score (nSPS) is 16.5. The fourth-order valence-corrected chi connectivity index (χ4v) is 6.64. The van der Waals surface area contributed by atoms with Crippen molar-refractivity contribution >= 4 is 22.6 Å². The number of esters is 1. The lowest BCUT2D eigenvalue weighted by atomic mass is 10.0. The summed E-state index contributed by atoms with van der Waals surface area (Å²) in [6.45, 7) is 8.68. The molecule has 5 aromatic rings. The number of fused-ring (bicyclic) bond motifs is 1. The second-order valence-electron chi connectivity index (χ2n) is 12.8. The topological polar surface area (TPSA) is 111 Å². The van der Waals surface area contributed by atoms with E-state index >= 15 is 4.39 Å². The highest BCUT2D eigenvalue weighted by molar-refractivity contribution is 5.87. The summed E-state index contributed by atoms with van der Waals surface area (Å²) in [7, 11) is 0. The van der Waals surface area contributed by atoms with E-state index in [0.29, 0.717) is 29.6 Å². The minimum atomic E-state index is -0.632. The molecular weight excluding hydrogens is 611 g/mol. The minimum absolute atomic E-state index is 0.0179. The van der Waals surface area contributed by atoms with Crippen LogP contribution in [-0.2, 0) is 17.8 Å². The van der Waals surface area contributed by atoms with Crippen LogP contribution >= 0.6 is 0 Å². The number of carbonyl (C=O) groups excluding carboxylic acids is 1. The average Bonchev–Trinajstić information content (AvgIpc) is 3.81. The Morgan fingerprint density at radius 1 is 1.04 bits per heavy atom. The molecule has 0 spiro atoms. The van der Waals surface area contributed by atoms with Crippen molar-refractivity contribution in [2.45, 2.75) is 71.6 Å². The number of hydrogen-bond acceptors (Lipinski definition) is 9. The summed E-state index contributed by atoms with van der Waals surface area (Å²) in [5, 5.41) is 8.16. The monoisotopic (exact) mass is 650 g/mol. The van der Waals surface area contributed by atoms with Crippen LogP contribution in [0.15, 0.2) is 66.0 Å². The Morgan fingerprint density at radius 3 is 2.65 bits per heavy atom. The molecule has 12 heteroatoms. The Kier molecular flexibility index (Phi) is 8.74. The predicted octanol–water partition coefficient (Wildman–Crippen LogP) is 5.31. The van der Waals surface area contributed by atoms with Crippen molar-refractivity contribution in [3.63, 3.8) is 0 Å². The highest BCUT2D eigenvalue weighted by atomic mass is 19.1. The zero-order valence-electron chi connectivity index (χ0n) is 27.5. The van der Waals surface area contributed by atoms with E-state index in [1.165, 1.54) is 16.9 Å². The van der Waals surface area contributed by atoms with Gasteiger partial charge in [-0.3, -0.25) is 19.7 Å². The number of benzene rings is 1. The van der Waals surface area contributed by atoms with E-state index in [-0.39, 0.29) is 35.5 Å². The minimum Gasteiger partial charge on any atom is -0.461 e. The molecule has 2 fully saturated rings. The first-order chi connectivity index (χ1) is 23.3. The molecule has 1 saturated carbocycles. The highest BCUT2D eigenvalue weighted by Crippen LogP contribution is 2.38. The van der Waals surface area contributed by atoms with Gasteiger partial charge in [-0.15, -0.1) is 5.10 Å². The molecule has 248 valence electrons. The van der Waals surface area contributed by atoms with E-state index in [4.69, 9.17) is 4.74 Å². The summed E-state index contributed by atoms with van der Waals surface area (Å²) in [5.74, 6) is -1.26. The predicted molar refractivity (Wildman–Crippen MR) is 180 cm³/mol. The van der Waals surface area contributed by atoms with E-state index in [1.807, 2.05) is 44.6 Å². The maximum absolute atomic E-state index is 15.8. The van der Waals surface area contributed by atoms with Gasteiger partial charge in [0.2, 0.25) is 0 Å². The summed E-state index contributed by atoms with van der Waals surface area (Å²) in [6, 6.07) is 11.6. The Hall–Kier alpha value is -4.97. The molecule has 1 saturated heterocycles. The third kappa shape index (κ3) is 6.57. The van der Waals surface area contributed by atoms with Gasteiger partial charge in [0.1, 0.15) is 11.5 Å². The number of ether oxygens (including phenoxy) is 1. The Balaban J connectivity index is 1.25. The van der Waals surface area contributed by atoms with Crippen molar-refractivity contribution in [1.82, 2.24) is 34.4 Å². The summed E-state index contributed by atoms with van der Waals surface area (Å²) < 4.78 is 24.1. The number of hydrogen-bond donors (Lipinski definition) is 0. The van der Waals surface area contributed by atoms with Crippen LogP contribution in [0.4, 0.5) is 10.1 Å². The van der Waals surface area contributed by atoms with E-state index in [9.17, 15) is 9.59 Å². The molecule has 0 amide bonds. The van der Waals surface area contributed by atoms with Crippen LogP contribution in [0.3, 0.4) is 0 Å². The van der Waals surface area contributed by atoms with Crippen LogP contribution in [-0.4, -0.2) is 66.1 Å². The lowest BCUT2D eigenvalue weighted by molar-refractivity contribution is 0.0519.